The summed E-state index contributed by atoms with van der Waals surface area (Å²) in [6, 6.07) is 7.91. The number of amides is 2. The highest BCUT2D eigenvalue weighted by atomic mass is 16.5. The lowest BCUT2D eigenvalue weighted by molar-refractivity contribution is -0.926. The molecule has 1 rings (SSSR count). The van der Waals surface area contributed by atoms with Crippen LogP contribution >= 0.6 is 0 Å². The molecular weight excluding hydrogens is 282 g/mol. The van der Waals surface area contributed by atoms with Crippen molar-refractivity contribution in [2.75, 3.05) is 32.6 Å². The van der Waals surface area contributed by atoms with Crippen LogP contribution in [0.1, 0.15) is 19.4 Å². The predicted octanol–water partition coefficient (Wildman–Crippen LogP) is 0.428. The van der Waals surface area contributed by atoms with Gasteiger partial charge in [0, 0.05) is 25.3 Å². The van der Waals surface area contributed by atoms with Gasteiger partial charge in [-0.05, 0) is 26.0 Å². The van der Waals surface area contributed by atoms with Gasteiger partial charge in [-0.3, -0.25) is 10.1 Å². The number of carbonyl (C=O) groups is 2. The van der Waals surface area contributed by atoms with Gasteiger partial charge in [0.15, 0.2) is 6.04 Å². The lowest BCUT2D eigenvalue weighted by Crippen LogP contribution is -3.15. The number of ether oxygens (including phenoxy) is 1. The summed E-state index contributed by atoms with van der Waals surface area (Å²) in [6.45, 7) is 5.34. The number of rotatable bonds is 6. The van der Waals surface area contributed by atoms with E-state index in [1.807, 2.05) is 32.8 Å². The third-order valence-corrected chi connectivity index (χ3v) is 3.75. The summed E-state index contributed by atoms with van der Waals surface area (Å²) in [4.78, 5) is 26.3. The van der Waals surface area contributed by atoms with Crippen LogP contribution in [0.5, 0.6) is 0 Å². The number of benzene rings is 1. The highest BCUT2D eigenvalue weighted by Gasteiger charge is 2.25. The summed E-state index contributed by atoms with van der Waals surface area (Å²) in [5.74, 6) is -0.325. The molecule has 0 aliphatic carbocycles. The molecule has 0 radical (unpaired) electrons. The molecular formula is C16H26N3O3+. The molecule has 2 atom stereocenters. The standard InChI is InChI=1S/C16H25N3O3/c1-6-19(12(2)15(20)17-16(21)22-5)11-13-7-9-14(10-8-13)18(3)4/h7-10,12H,6,11H2,1-5H3,(H,17,20,21)/p+1/t12-/m0/s1. The van der Waals surface area contributed by atoms with Crippen LogP contribution in [0.3, 0.4) is 0 Å². The minimum atomic E-state index is -0.720. The second-order valence-electron chi connectivity index (χ2n) is 5.45. The molecule has 0 bridgehead atoms. The van der Waals surface area contributed by atoms with E-state index in [0.29, 0.717) is 0 Å². The van der Waals surface area contributed by atoms with Crippen molar-refractivity contribution in [2.45, 2.75) is 26.4 Å². The van der Waals surface area contributed by atoms with Crippen molar-refractivity contribution in [1.82, 2.24) is 5.32 Å². The van der Waals surface area contributed by atoms with Gasteiger partial charge in [0.2, 0.25) is 0 Å². The summed E-state index contributed by atoms with van der Waals surface area (Å²) >= 11 is 0. The first-order valence-electron chi connectivity index (χ1n) is 7.38. The van der Waals surface area contributed by atoms with Gasteiger partial charge in [0.05, 0.1) is 13.7 Å². The Bertz CT molecular complexity index is 500. The molecule has 0 fully saturated rings. The maximum atomic E-state index is 12.0. The van der Waals surface area contributed by atoms with E-state index in [1.54, 1.807) is 0 Å². The smallest absolute Gasteiger partial charge is 0.413 e. The van der Waals surface area contributed by atoms with Gasteiger partial charge in [-0.1, -0.05) is 12.1 Å². The number of nitrogens with zero attached hydrogens (tertiary/aromatic N) is 1. The minimum Gasteiger partial charge on any atom is -0.453 e. The zero-order valence-corrected chi connectivity index (χ0v) is 14.0. The van der Waals surface area contributed by atoms with Gasteiger partial charge in [0.25, 0.3) is 5.91 Å². The van der Waals surface area contributed by atoms with E-state index in [0.717, 1.165) is 29.2 Å². The molecule has 0 aliphatic heterocycles. The molecule has 0 heterocycles. The van der Waals surface area contributed by atoms with Crippen molar-refractivity contribution in [3.8, 4) is 0 Å². The molecule has 6 nitrogen and oxygen atoms in total. The Morgan fingerprint density at radius 1 is 1.27 bits per heavy atom. The zero-order valence-electron chi connectivity index (χ0n) is 14.0. The molecule has 22 heavy (non-hydrogen) atoms. The minimum absolute atomic E-state index is 0.325. The fourth-order valence-corrected chi connectivity index (χ4v) is 2.20. The van der Waals surface area contributed by atoms with E-state index in [2.05, 4.69) is 34.3 Å². The van der Waals surface area contributed by atoms with Crippen molar-refractivity contribution in [1.29, 1.82) is 0 Å². The summed E-state index contributed by atoms with van der Waals surface area (Å²) in [7, 11) is 5.24. The summed E-state index contributed by atoms with van der Waals surface area (Å²) in [6.07, 6.45) is -0.720. The van der Waals surface area contributed by atoms with E-state index in [-0.39, 0.29) is 11.9 Å². The topological polar surface area (TPSA) is 63.1 Å². The molecule has 1 unspecified atom stereocenters. The largest absolute Gasteiger partial charge is 0.453 e. The Labute approximate surface area is 132 Å². The van der Waals surface area contributed by atoms with Crippen molar-refractivity contribution in [3.05, 3.63) is 29.8 Å². The Morgan fingerprint density at radius 2 is 1.86 bits per heavy atom. The van der Waals surface area contributed by atoms with Gasteiger partial charge < -0.3 is 14.5 Å². The number of carbonyl (C=O) groups excluding carboxylic acids is 2. The van der Waals surface area contributed by atoms with Crippen molar-refractivity contribution >= 4 is 17.7 Å². The van der Waals surface area contributed by atoms with Crippen LogP contribution in [0.25, 0.3) is 0 Å². The van der Waals surface area contributed by atoms with Crippen LogP contribution in [0.4, 0.5) is 10.5 Å². The first-order valence-corrected chi connectivity index (χ1v) is 7.38. The maximum Gasteiger partial charge on any atom is 0.413 e. The Hall–Kier alpha value is -2.08. The highest BCUT2D eigenvalue weighted by molar-refractivity contribution is 5.93. The van der Waals surface area contributed by atoms with Crippen LogP contribution in [0.15, 0.2) is 24.3 Å². The lowest BCUT2D eigenvalue weighted by atomic mass is 10.1. The van der Waals surface area contributed by atoms with Crippen LogP contribution < -0.4 is 15.1 Å². The summed E-state index contributed by atoms with van der Waals surface area (Å²) < 4.78 is 4.45. The van der Waals surface area contributed by atoms with E-state index in [4.69, 9.17) is 0 Å². The molecule has 2 amide bonds. The molecule has 0 aromatic heterocycles. The quantitative estimate of drug-likeness (QED) is 0.800. The van der Waals surface area contributed by atoms with Crippen LogP contribution in [-0.4, -0.2) is 45.8 Å². The first kappa shape index (κ1) is 18.0. The predicted molar refractivity (Wildman–Crippen MR) is 86.0 cm³/mol. The van der Waals surface area contributed by atoms with Gasteiger partial charge >= 0.3 is 6.09 Å². The SMILES string of the molecule is CC[NH+](Cc1ccc(N(C)C)cc1)[C@@H](C)C(=O)NC(=O)OC. The molecule has 1 aromatic rings. The fraction of sp³-hybridized carbons (Fsp3) is 0.500. The van der Waals surface area contributed by atoms with Gasteiger partial charge in [-0.25, -0.2) is 4.79 Å². The van der Waals surface area contributed by atoms with E-state index in [1.165, 1.54) is 7.11 Å². The molecule has 0 aliphatic rings. The number of methoxy groups -OCH3 is 1. The van der Waals surface area contributed by atoms with Gasteiger partial charge in [-0.15, -0.1) is 0 Å². The highest BCUT2D eigenvalue weighted by Crippen LogP contribution is 2.11. The van der Waals surface area contributed by atoms with Crippen molar-refractivity contribution < 1.29 is 19.2 Å². The lowest BCUT2D eigenvalue weighted by Gasteiger charge is -2.24. The molecule has 1 aromatic carbocycles. The Kier molecular flexibility index (Phi) is 6.85. The number of hydrogen-bond donors (Lipinski definition) is 2. The van der Waals surface area contributed by atoms with Crippen molar-refractivity contribution in [2.24, 2.45) is 0 Å². The molecule has 0 spiro atoms. The first-order chi connectivity index (χ1) is 10.4. The molecule has 122 valence electrons. The molecule has 0 saturated heterocycles. The van der Waals surface area contributed by atoms with Crippen molar-refractivity contribution in [3.63, 3.8) is 0 Å². The average Bonchev–Trinajstić information content (AvgIpc) is 2.52. The van der Waals surface area contributed by atoms with E-state index >= 15 is 0 Å². The summed E-state index contributed by atoms with van der Waals surface area (Å²) in [5.41, 5.74) is 2.29. The molecule has 2 N–H and O–H groups in total. The average molecular weight is 308 g/mol. The third-order valence-electron chi connectivity index (χ3n) is 3.75. The number of quaternary nitrogens is 1. The second kappa shape index (κ2) is 8.38. The third kappa shape index (κ3) is 5.04. The molecule has 6 heteroatoms. The van der Waals surface area contributed by atoms with Gasteiger partial charge in [0.1, 0.15) is 6.54 Å². The molecule has 0 saturated carbocycles. The van der Waals surface area contributed by atoms with Crippen LogP contribution in [-0.2, 0) is 16.1 Å². The van der Waals surface area contributed by atoms with Crippen LogP contribution in [0.2, 0.25) is 0 Å². The Balaban J connectivity index is 2.71. The maximum absolute atomic E-state index is 12.0. The number of hydrogen-bond acceptors (Lipinski definition) is 4. The number of imide groups is 1. The monoisotopic (exact) mass is 308 g/mol. The number of nitrogens with one attached hydrogen (secondary N) is 2. The number of alkyl carbamates (subject to hydrolysis) is 1. The van der Waals surface area contributed by atoms with E-state index < -0.39 is 6.09 Å². The fourth-order valence-electron chi connectivity index (χ4n) is 2.20. The number of anilines is 1. The normalized spacial score (nSPS) is 13.1. The number of likely N-dealkylation sites (N-methyl/N-ethyl adjacent to an activating group) is 1. The Morgan fingerprint density at radius 3 is 2.32 bits per heavy atom. The summed E-state index contributed by atoms with van der Waals surface area (Å²) in [5, 5.41) is 2.23. The zero-order chi connectivity index (χ0) is 16.7. The second-order valence-corrected chi connectivity index (χ2v) is 5.45. The van der Waals surface area contributed by atoms with Crippen LogP contribution in [0, 0.1) is 0 Å². The van der Waals surface area contributed by atoms with Gasteiger partial charge in [-0.2, -0.15) is 0 Å². The van der Waals surface area contributed by atoms with E-state index in [9.17, 15) is 9.59 Å².